The fourth-order valence-corrected chi connectivity index (χ4v) is 8.37. The highest BCUT2D eigenvalue weighted by Crippen LogP contribution is 2.65. The van der Waals surface area contributed by atoms with E-state index in [1.807, 2.05) is 63.3 Å². The molecule has 2 amide bonds. The number of anilines is 1. The second kappa shape index (κ2) is 8.82. The van der Waals surface area contributed by atoms with E-state index in [4.69, 9.17) is 4.74 Å². The highest BCUT2D eigenvalue weighted by Gasteiger charge is 2.74. The van der Waals surface area contributed by atoms with Gasteiger partial charge in [0.1, 0.15) is 12.6 Å². The molecule has 186 valence electrons. The highest BCUT2D eigenvalue weighted by atomic mass is 32.2. The van der Waals surface area contributed by atoms with E-state index in [9.17, 15) is 19.5 Å². The van der Waals surface area contributed by atoms with Gasteiger partial charge in [-0.25, -0.2) is 0 Å². The standard InChI is InChI=1S/C27H32N2O5S/c1-17-8-9-18(2)19(16-17)28-13-6-11-27-20(21-25(33)34-15-7-10-26(21,3)35-27)23(31)29(12-4-5-14-30)22(27)24(28)32/h6-11,16,20-22,30H,4-5,12-15H2,1-3H3/t20-,21+,22?,26-,27-/m0/s1. The zero-order valence-corrected chi connectivity index (χ0v) is 21.2. The van der Waals surface area contributed by atoms with Crippen LogP contribution < -0.4 is 4.90 Å². The number of thioether (sulfide) groups is 1. The number of aliphatic hydroxyl groups is 1. The molecule has 2 saturated heterocycles. The second-order valence-electron chi connectivity index (χ2n) is 10.1. The molecule has 0 aliphatic carbocycles. The van der Waals surface area contributed by atoms with Crippen LogP contribution in [0, 0.1) is 25.7 Å². The summed E-state index contributed by atoms with van der Waals surface area (Å²) in [6.07, 6.45) is 8.93. The Morgan fingerprint density at radius 1 is 1.09 bits per heavy atom. The van der Waals surface area contributed by atoms with Crippen molar-refractivity contribution in [2.24, 2.45) is 11.8 Å². The third kappa shape index (κ3) is 3.64. The summed E-state index contributed by atoms with van der Waals surface area (Å²) in [4.78, 5) is 45.0. The Kier molecular flexibility index (Phi) is 6.08. The lowest BCUT2D eigenvalue weighted by molar-refractivity contribution is -0.152. The van der Waals surface area contributed by atoms with Crippen molar-refractivity contribution in [1.29, 1.82) is 0 Å². The maximum atomic E-state index is 14.4. The zero-order chi connectivity index (χ0) is 25.0. The number of benzene rings is 1. The number of cyclic esters (lactones) is 1. The molecular formula is C27H32N2O5S. The van der Waals surface area contributed by atoms with Crippen LogP contribution in [-0.4, -0.2) is 69.6 Å². The molecular weight excluding hydrogens is 464 g/mol. The fraction of sp³-hybridized carbons (Fsp3) is 0.519. The number of rotatable bonds is 5. The van der Waals surface area contributed by atoms with Gasteiger partial charge in [0.15, 0.2) is 0 Å². The van der Waals surface area contributed by atoms with E-state index in [2.05, 4.69) is 0 Å². The van der Waals surface area contributed by atoms with Crippen LogP contribution in [0.1, 0.15) is 30.9 Å². The summed E-state index contributed by atoms with van der Waals surface area (Å²) >= 11 is 1.55. The monoisotopic (exact) mass is 496 g/mol. The maximum absolute atomic E-state index is 14.4. The van der Waals surface area contributed by atoms with Crippen molar-refractivity contribution in [2.75, 3.05) is 31.2 Å². The predicted octanol–water partition coefficient (Wildman–Crippen LogP) is 2.78. The normalized spacial score (nSPS) is 33.8. The Balaban J connectivity index is 1.64. The molecule has 7 nitrogen and oxygen atoms in total. The number of likely N-dealkylation sites (tertiary alicyclic amines) is 1. The smallest absolute Gasteiger partial charge is 0.311 e. The number of amides is 2. The average molecular weight is 497 g/mol. The third-order valence-corrected chi connectivity index (χ3v) is 9.57. The molecule has 8 heteroatoms. The van der Waals surface area contributed by atoms with E-state index in [0.717, 1.165) is 16.8 Å². The van der Waals surface area contributed by atoms with Gasteiger partial charge in [-0.1, -0.05) is 30.4 Å². The minimum absolute atomic E-state index is 0.0241. The number of aryl methyl sites for hydroxylation is 2. The summed E-state index contributed by atoms with van der Waals surface area (Å²) in [5.74, 6) is -2.05. The maximum Gasteiger partial charge on any atom is 0.311 e. The summed E-state index contributed by atoms with van der Waals surface area (Å²) in [7, 11) is 0. The number of unbranched alkanes of at least 4 members (excludes halogenated alkanes) is 1. The zero-order valence-electron chi connectivity index (χ0n) is 20.4. The minimum atomic E-state index is -0.875. The van der Waals surface area contributed by atoms with Crippen LogP contribution in [0.15, 0.2) is 42.5 Å². The SMILES string of the molecule is Cc1ccc(C)c(N2CC=C[C@]34S[C@@]5(C)C=CCOC(=O)[C@H]5[C@H]3C(=O)N(CCCCO)C4C2=O)c1. The highest BCUT2D eigenvalue weighted by molar-refractivity contribution is 8.02. The molecule has 4 heterocycles. The van der Waals surface area contributed by atoms with E-state index in [-0.39, 0.29) is 31.0 Å². The molecule has 1 aromatic rings. The van der Waals surface area contributed by atoms with E-state index in [1.165, 1.54) is 0 Å². The summed E-state index contributed by atoms with van der Waals surface area (Å²) in [6, 6.07) is 5.30. The predicted molar refractivity (Wildman–Crippen MR) is 135 cm³/mol. The molecule has 4 aliphatic heterocycles. The van der Waals surface area contributed by atoms with Crippen molar-refractivity contribution < 1.29 is 24.2 Å². The van der Waals surface area contributed by atoms with Gasteiger partial charge in [-0.3, -0.25) is 14.4 Å². The number of carbonyl (C=O) groups is 3. The summed E-state index contributed by atoms with van der Waals surface area (Å²) in [5.41, 5.74) is 2.88. The molecule has 0 saturated carbocycles. The Bertz CT molecular complexity index is 1130. The number of esters is 1. The Hall–Kier alpha value is -2.58. The van der Waals surface area contributed by atoms with Crippen molar-refractivity contribution >= 4 is 35.2 Å². The van der Waals surface area contributed by atoms with Crippen LogP contribution in [0.2, 0.25) is 0 Å². The van der Waals surface area contributed by atoms with Crippen molar-refractivity contribution in [3.8, 4) is 0 Å². The van der Waals surface area contributed by atoms with Gasteiger partial charge in [-0.2, -0.15) is 0 Å². The number of fused-ring (bicyclic) bond motifs is 2. The van der Waals surface area contributed by atoms with Gasteiger partial charge in [0.2, 0.25) is 5.91 Å². The van der Waals surface area contributed by atoms with Gasteiger partial charge in [0.25, 0.3) is 5.91 Å². The molecule has 1 spiro atoms. The van der Waals surface area contributed by atoms with Gasteiger partial charge >= 0.3 is 5.97 Å². The number of carbonyl (C=O) groups excluding carboxylic acids is 3. The van der Waals surface area contributed by atoms with Gasteiger partial charge < -0.3 is 19.6 Å². The molecule has 1 N–H and O–H groups in total. The van der Waals surface area contributed by atoms with Crippen LogP contribution >= 0.6 is 11.8 Å². The number of aliphatic hydroxyl groups excluding tert-OH is 1. The first-order valence-corrected chi connectivity index (χ1v) is 13.1. The molecule has 5 rings (SSSR count). The van der Waals surface area contributed by atoms with E-state index in [0.29, 0.717) is 25.9 Å². The number of hydrogen-bond donors (Lipinski definition) is 1. The fourth-order valence-electron chi connectivity index (χ4n) is 6.22. The van der Waals surface area contributed by atoms with Gasteiger partial charge in [0, 0.05) is 30.1 Å². The first kappa shape index (κ1) is 24.1. The largest absolute Gasteiger partial charge is 0.461 e. The lowest BCUT2D eigenvalue weighted by atomic mass is 9.75. The summed E-state index contributed by atoms with van der Waals surface area (Å²) in [6.45, 7) is 6.93. The lowest BCUT2D eigenvalue weighted by Gasteiger charge is -2.37. The van der Waals surface area contributed by atoms with Crippen LogP contribution in [0.25, 0.3) is 0 Å². The molecule has 2 fully saturated rings. The van der Waals surface area contributed by atoms with Crippen LogP contribution in [0.3, 0.4) is 0 Å². The summed E-state index contributed by atoms with van der Waals surface area (Å²) < 4.78 is 3.94. The molecule has 1 aromatic carbocycles. The topological polar surface area (TPSA) is 87.2 Å². The molecule has 35 heavy (non-hydrogen) atoms. The molecule has 0 bridgehead atoms. The van der Waals surface area contributed by atoms with Crippen LogP contribution in [0.5, 0.6) is 0 Å². The third-order valence-electron chi connectivity index (χ3n) is 7.78. The molecule has 4 aliphatic rings. The molecule has 0 aromatic heterocycles. The average Bonchev–Trinajstić information content (AvgIpc) is 3.06. The minimum Gasteiger partial charge on any atom is -0.461 e. The Labute approximate surface area is 210 Å². The van der Waals surface area contributed by atoms with Crippen LogP contribution in [-0.2, 0) is 19.1 Å². The first-order chi connectivity index (χ1) is 16.7. The molecule has 1 unspecified atom stereocenters. The summed E-state index contributed by atoms with van der Waals surface area (Å²) in [5, 5.41) is 9.33. The number of nitrogens with zero attached hydrogens (tertiary/aromatic N) is 2. The van der Waals surface area contributed by atoms with Crippen molar-refractivity contribution in [3.05, 3.63) is 53.6 Å². The van der Waals surface area contributed by atoms with Crippen molar-refractivity contribution in [3.63, 3.8) is 0 Å². The first-order valence-electron chi connectivity index (χ1n) is 12.3. The Morgan fingerprint density at radius 2 is 1.89 bits per heavy atom. The van der Waals surface area contributed by atoms with Gasteiger partial charge in [0.05, 0.1) is 16.6 Å². The quantitative estimate of drug-likeness (QED) is 0.383. The number of ether oxygens (including phenoxy) is 1. The van der Waals surface area contributed by atoms with Crippen molar-refractivity contribution in [2.45, 2.75) is 49.1 Å². The van der Waals surface area contributed by atoms with Gasteiger partial charge in [-0.15, -0.1) is 11.8 Å². The Morgan fingerprint density at radius 3 is 2.66 bits per heavy atom. The van der Waals surface area contributed by atoms with Crippen molar-refractivity contribution in [1.82, 2.24) is 4.90 Å². The van der Waals surface area contributed by atoms with E-state index >= 15 is 0 Å². The van der Waals surface area contributed by atoms with Gasteiger partial charge in [-0.05, 0) is 56.9 Å². The molecule has 5 atom stereocenters. The second-order valence-corrected chi connectivity index (χ2v) is 11.9. The molecule has 0 radical (unpaired) electrons. The van der Waals surface area contributed by atoms with E-state index < -0.39 is 27.4 Å². The number of hydrogen-bond acceptors (Lipinski definition) is 6. The van der Waals surface area contributed by atoms with Crippen LogP contribution in [0.4, 0.5) is 5.69 Å². The van der Waals surface area contributed by atoms with E-state index in [1.54, 1.807) is 21.6 Å². The lowest BCUT2D eigenvalue weighted by Crippen LogP contribution is -2.53.